The third kappa shape index (κ3) is 2.70. The van der Waals surface area contributed by atoms with E-state index in [1.54, 1.807) is 54.6 Å². The molecule has 6 rings (SSSR count). The maximum absolute atomic E-state index is 13.7. The number of amides is 3. The molecule has 4 aromatic rings. The van der Waals surface area contributed by atoms with E-state index in [1.807, 2.05) is 42.5 Å². The van der Waals surface area contributed by atoms with Crippen molar-refractivity contribution in [2.45, 2.75) is 12.1 Å². The Kier molecular flexibility index (Phi) is 4.45. The van der Waals surface area contributed by atoms with Gasteiger partial charge >= 0.3 is 0 Å². The number of hydrogen-bond acceptors (Lipinski definition) is 5. The number of carbonyl (C=O) groups excluding carboxylic acids is 3. The number of imide groups is 1. The van der Waals surface area contributed by atoms with Gasteiger partial charge in [-0.1, -0.05) is 42.5 Å². The number of carbonyl (C=O) groups is 3. The molecule has 3 heterocycles. The molecule has 2 aliphatic rings. The highest BCUT2D eigenvalue weighted by molar-refractivity contribution is 6.25. The van der Waals surface area contributed by atoms with Gasteiger partial charge in [0.25, 0.3) is 17.7 Å². The van der Waals surface area contributed by atoms with Gasteiger partial charge in [0.1, 0.15) is 11.8 Å². The molecule has 2 aliphatic heterocycles. The molecule has 3 aromatic carbocycles. The Labute approximate surface area is 195 Å². The zero-order valence-electron chi connectivity index (χ0n) is 18.2. The van der Waals surface area contributed by atoms with Crippen LogP contribution in [0.1, 0.15) is 32.3 Å². The van der Waals surface area contributed by atoms with E-state index in [0.29, 0.717) is 28.1 Å². The summed E-state index contributed by atoms with van der Waals surface area (Å²) in [7, 11) is 1.58. The van der Waals surface area contributed by atoms with E-state index < -0.39 is 23.9 Å². The predicted molar refractivity (Wildman–Crippen MR) is 126 cm³/mol. The number of hydrogen-bond donors (Lipinski definition) is 0. The maximum Gasteiger partial charge on any atom is 0.262 e. The van der Waals surface area contributed by atoms with Crippen LogP contribution >= 0.6 is 0 Å². The highest BCUT2D eigenvalue weighted by Gasteiger charge is 2.57. The van der Waals surface area contributed by atoms with E-state index in [4.69, 9.17) is 4.74 Å². The molecular weight excluding hydrogens is 430 g/mol. The Morgan fingerprint density at radius 1 is 0.735 bits per heavy atom. The number of pyridine rings is 1. The summed E-state index contributed by atoms with van der Waals surface area (Å²) in [4.78, 5) is 47.4. The lowest BCUT2D eigenvalue weighted by molar-refractivity contribution is -0.130. The first-order valence-corrected chi connectivity index (χ1v) is 10.9. The molecule has 7 nitrogen and oxygen atoms in total. The molecule has 0 spiro atoms. The van der Waals surface area contributed by atoms with Gasteiger partial charge < -0.3 is 4.74 Å². The van der Waals surface area contributed by atoms with Gasteiger partial charge in [0.2, 0.25) is 0 Å². The van der Waals surface area contributed by atoms with Crippen molar-refractivity contribution in [1.82, 2.24) is 9.88 Å². The lowest BCUT2D eigenvalue weighted by atomic mass is 9.86. The van der Waals surface area contributed by atoms with Crippen molar-refractivity contribution in [1.29, 1.82) is 0 Å². The molecule has 0 N–H and O–H groups in total. The largest absolute Gasteiger partial charge is 0.496 e. The molecule has 1 aromatic heterocycles. The van der Waals surface area contributed by atoms with Crippen molar-refractivity contribution in [2.24, 2.45) is 0 Å². The van der Waals surface area contributed by atoms with Crippen LogP contribution in [-0.4, -0.2) is 40.8 Å². The predicted octanol–water partition coefficient (Wildman–Crippen LogP) is 4.00. The number of benzene rings is 3. The van der Waals surface area contributed by atoms with Gasteiger partial charge in [0.05, 0.1) is 35.5 Å². The van der Waals surface area contributed by atoms with Gasteiger partial charge in [-0.15, -0.1) is 0 Å². The first-order chi connectivity index (χ1) is 16.6. The van der Waals surface area contributed by atoms with Crippen LogP contribution in [0.5, 0.6) is 5.75 Å². The lowest BCUT2D eigenvalue weighted by Crippen LogP contribution is -2.67. The minimum absolute atomic E-state index is 0.321. The normalized spacial score (nSPS) is 19.4. The summed E-state index contributed by atoms with van der Waals surface area (Å²) in [6.45, 7) is 0. The second kappa shape index (κ2) is 7.52. The van der Waals surface area contributed by atoms with Crippen LogP contribution < -0.4 is 9.64 Å². The molecule has 34 heavy (non-hydrogen) atoms. The van der Waals surface area contributed by atoms with Crippen LogP contribution in [0.25, 0.3) is 10.9 Å². The van der Waals surface area contributed by atoms with Crippen molar-refractivity contribution in [3.8, 4) is 5.75 Å². The molecule has 166 valence electrons. The van der Waals surface area contributed by atoms with Crippen molar-refractivity contribution in [2.75, 3.05) is 12.0 Å². The third-order valence-corrected chi connectivity index (χ3v) is 6.50. The Balaban J connectivity index is 1.49. The highest BCUT2D eigenvalue weighted by atomic mass is 16.5. The van der Waals surface area contributed by atoms with Gasteiger partial charge in [-0.25, -0.2) is 0 Å². The molecule has 0 aliphatic carbocycles. The van der Waals surface area contributed by atoms with E-state index in [2.05, 4.69) is 4.98 Å². The fourth-order valence-corrected chi connectivity index (χ4v) is 4.94. The number of nitrogens with zero attached hydrogens (tertiary/aromatic N) is 3. The molecule has 1 fully saturated rings. The molecule has 1 saturated heterocycles. The Morgan fingerprint density at radius 3 is 2.09 bits per heavy atom. The van der Waals surface area contributed by atoms with Crippen molar-refractivity contribution < 1.29 is 19.1 Å². The van der Waals surface area contributed by atoms with Gasteiger partial charge in [0.15, 0.2) is 0 Å². The van der Waals surface area contributed by atoms with Gasteiger partial charge in [-0.3, -0.25) is 29.2 Å². The first-order valence-electron chi connectivity index (χ1n) is 10.9. The number of methoxy groups -OCH3 is 1. The van der Waals surface area contributed by atoms with E-state index in [9.17, 15) is 14.4 Å². The number of rotatable bonds is 4. The van der Waals surface area contributed by atoms with Gasteiger partial charge in [-0.05, 0) is 42.0 Å². The van der Waals surface area contributed by atoms with Crippen molar-refractivity contribution in [3.63, 3.8) is 0 Å². The Bertz CT molecular complexity index is 1450. The SMILES string of the molecule is COc1ccc(N2C(=O)[C@@H](N3C(=O)c4ccccc4C3=O)[C@@H]2c2ccccc2)c2ncccc12. The summed E-state index contributed by atoms with van der Waals surface area (Å²) in [6.07, 6.45) is 1.66. The monoisotopic (exact) mass is 449 g/mol. The van der Waals surface area contributed by atoms with Crippen LogP contribution in [0.2, 0.25) is 0 Å². The lowest BCUT2D eigenvalue weighted by Gasteiger charge is -2.49. The van der Waals surface area contributed by atoms with E-state index in [0.717, 1.165) is 15.8 Å². The zero-order valence-corrected chi connectivity index (χ0v) is 18.2. The van der Waals surface area contributed by atoms with Crippen LogP contribution in [0.3, 0.4) is 0 Å². The van der Waals surface area contributed by atoms with Gasteiger partial charge in [-0.2, -0.15) is 0 Å². The molecule has 2 atom stereocenters. The first kappa shape index (κ1) is 20.1. The molecule has 0 bridgehead atoms. The fraction of sp³-hybridized carbons (Fsp3) is 0.111. The van der Waals surface area contributed by atoms with Gasteiger partial charge in [0, 0.05) is 11.6 Å². The number of fused-ring (bicyclic) bond motifs is 2. The molecule has 3 amide bonds. The fourth-order valence-electron chi connectivity index (χ4n) is 4.94. The van der Waals surface area contributed by atoms with Crippen LogP contribution in [0.4, 0.5) is 5.69 Å². The average molecular weight is 449 g/mol. The minimum atomic E-state index is -0.948. The quantitative estimate of drug-likeness (QED) is 0.348. The number of anilines is 1. The number of aromatic nitrogens is 1. The van der Waals surface area contributed by atoms with Crippen LogP contribution in [0.15, 0.2) is 85.1 Å². The van der Waals surface area contributed by atoms with Crippen LogP contribution in [-0.2, 0) is 4.79 Å². The zero-order chi connectivity index (χ0) is 23.4. The summed E-state index contributed by atoms with van der Waals surface area (Å²) in [5, 5.41) is 0.770. The molecule has 0 unspecified atom stereocenters. The minimum Gasteiger partial charge on any atom is -0.496 e. The summed E-state index contributed by atoms with van der Waals surface area (Å²) in [6, 6.07) is 21.9. The molecule has 0 saturated carbocycles. The molecule has 0 radical (unpaired) electrons. The smallest absolute Gasteiger partial charge is 0.262 e. The summed E-state index contributed by atoms with van der Waals surface area (Å²) < 4.78 is 5.48. The maximum atomic E-state index is 13.7. The topological polar surface area (TPSA) is 79.8 Å². The van der Waals surface area contributed by atoms with E-state index >= 15 is 0 Å². The van der Waals surface area contributed by atoms with E-state index in [1.165, 1.54) is 0 Å². The Hall–Kier alpha value is -4.52. The molecular formula is C27H19N3O4. The summed E-state index contributed by atoms with van der Waals surface area (Å²) >= 11 is 0. The van der Waals surface area contributed by atoms with E-state index in [-0.39, 0.29) is 5.91 Å². The molecule has 7 heteroatoms. The van der Waals surface area contributed by atoms with Crippen molar-refractivity contribution >= 4 is 34.3 Å². The average Bonchev–Trinajstić information content (AvgIpc) is 3.13. The number of β-lactam (4-membered cyclic amide) rings is 1. The summed E-state index contributed by atoms with van der Waals surface area (Å²) in [5.41, 5.74) is 2.67. The van der Waals surface area contributed by atoms with Crippen molar-refractivity contribution in [3.05, 3.63) is 102 Å². The third-order valence-electron chi connectivity index (χ3n) is 6.50. The second-order valence-corrected chi connectivity index (χ2v) is 8.22. The summed E-state index contributed by atoms with van der Waals surface area (Å²) in [5.74, 6) is -0.581. The second-order valence-electron chi connectivity index (χ2n) is 8.22. The number of ether oxygens (including phenoxy) is 1. The highest BCUT2D eigenvalue weighted by Crippen LogP contribution is 2.46. The Morgan fingerprint density at radius 2 is 1.41 bits per heavy atom. The van der Waals surface area contributed by atoms with Crippen LogP contribution in [0, 0.1) is 0 Å². The standard InChI is InChI=1S/C27H19N3O4/c1-34-21-14-13-20(22-19(21)12-7-15-28-22)29-23(16-8-3-2-4-9-16)24(27(29)33)30-25(31)17-10-5-6-11-18(17)26(30)32/h2-15,23-24H,1H3/t23-,24-/m0/s1.